The summed E-state index contributed by atoms with van der Waals surface area (Å²) in [5.41, 5.74) is 3.19. The van der Waals surface area contributed by atoms with Crippen molar-refractivity contribution >= 4 is 29.3 Å². The molecule has 1 N–H and O–H groups in total. The third-order valence-electron chi connectivity index (χ3n) is 4.05. The third-order valence-corrected chi connectivity index (χ3v) is 4.35. The third kappa shape index (κ3) is 4.02. The van der Waals surface area contributed by atoms with Crippen LogP contribution >= 0.6 is 11.6 Å². The first-order valence-corrected chi connectivity index (χ1v) is 8.94. The van der Waals surface area contributed by atoms with E-state index in [1.807, 2.05) is 42.6 Å². The molecule has 0 atom stereocenters. The molecule has 138 valence electrons. The number of nitrogens with one attached hydrogen (secondary N) is 1. The molecule has 0 unspecified atom stereocenters. The Kier molecular flexibility index (Phi) is 5.03. The van der Waals surface area contributed by atoms with Gasteiger partial charge in [-0.05, 0) is 36.4 Å². The van der Waals surface area contributed by atoms with Crippen LogP contribution in [-0.2, 0) is 4.79 Å². The van der Waals surface area contributed by atoms with E-state index in [0.29, 0.717) is 10.7 Å². The molecule has 0 fully saturated rings. The molecule has 0 aliphatic rings. The number of amides is 1. The second-order valence-electron chi connectivity index (χ2n) is 6.01. The number of halogens is 1. The summed E-state index contributed by atoms with van der Waals surface area (Å²) in [6.07, 6.45) is 11.9. The van der Waals surface area contributed by atoms with Gasteiger partial charge in [0.05, 0.1) is 28.9 Å². The Morgan fingerprint density at radius 3 is 2.75 bits per heavy atom. The van der Waals surface area contributed by atoms with E-state index < -0.39 is 0 Å². The lowest BCUT2D eigenvalue weighted by Gasteiger charge is -2.08. The van der Waals surface area contributed by atoms with Crippen LogP contribution in [0.5, 0.6) is 0 Å². The molecule has 0 saturated heterocycles. The van der Waals surface area contributed by atoms with Gasteiger partial charge in [0.1, 0.15) is 0 Å². The van der Waals surface area contributed by atoms with Crippen molar-refractivity contribution in [3.63, 3.8) is 0 Å². The van der Waals surface area contributed by atoms with E-state index >= 15 is 0 Å². The molecule has 28 heavy (non-hydrogen) atoms. The zero-order chi connectivity index (χ0) is 19.3. The smallest absolute Gasteiger partial charge is 0.248 e. The highest BCUT2D eigenvalue weighted by molar-refractivity contribution is 6.32. The average Bonchev–Trinajstić information content (AvgIpc) is 3.39. The van der Waals surface area contributed by atoms with E-state index in [4.69, 9.17) is 11.6 Å². The van der Waals surface area contributed by atoms with Gasteiger partial charge in [0, 0.05) is 35.9 Å². The molecule has 2 aromatic carbocycles. The van der Waals surface area contributed by atoms with Gasteiger partial charge < -0.3 is 9.88 Å². The Morgan fingerprint density at radius 1 is 1.14 bits per heavy atom. The molecule has 0 aliphatic heterocycles. The average molecular weight is 390 g/mol. The van der Waals surface area contributed by atoms with Crippen LogP contribution in [-0.4, -0.2) is 25.2 Å². The van der Waals surface area contributed by atoms with E-state index in [9.17, 15) is 4.79 Å². The normalized spacial score (nSPS) is 11.0. The van der Waals surface area contributed by atoms with Gasteiger partial charge >= 0.3 is 0 Å². The number of imidazole rings is 1. The van der Waals surface area contributed by atoms with Crippen molar-refractivity contribution in [2.45, 2.75) is 0 Å². The van der Waals surface area contributed by atoms with Crippen LogP contribution in [0.2, 0.25) is 5.02 Å². The van der Waals surface area contributed by atoms with Gasteiger partial charge in [-0.25, -0.2) is 9.67 Å². The minimum absolute atomic E-state index is 0.251. The number of hydrogen-bond donors (Lipinski definition) is 1. The van der Waals surface area contributed by atoms with Crippen molar-refractivity contribution in [3.05, 3.63) is 96.3 Å². The van der Waals surface area contributed by atoms with Gasteiger partial charge in [-0.3, -0.25) is 4.79 Å². The number of anilines is 1. The number of aromatic nitrogens is 4. The zero-order valence-corrected chi connectivity index (χ0v) is 15.5. The first kappa shape index (κ1) is 17.8. The number of carbonyl (C=O) groups excluding carboxylic acids is 1. The number of benzene rings is 2. The molecule has 0 radical (unpaired) electrons. The zero-order valence-electron chi connectivity index (χ0n) is 14.7. The van der Waals surface area contributed by atoms with Gasteiger partial charge in [-0.15, -0.1) is 0 Å². The second kappa shape index (κ2) is 7.94. The first-order valence-electron chi connectivity index (χ1n) is 8.56. The molecular weight excluding hydrogens is 374 g/mol. The summed E-state index contributed by atoms with van der Waals surface area (Å²) in [5, 5.41) is 7.62. The Balaban J connectivity index is 1.42. The molecule has 0 spiro atoms. The van der Waals surface area contributed by atoms with Crippen molar-refractivity contribution in [1.29, 1.82) is 0 Å². The predicted octanol–water partition coefficient (Wildman–Crippen LogP) is 4.36. The van der Waals surface area contributed by atoms with Gasteiger partial charge in [0.25, 0.3) is 0 Å². The standard InChI is InChI=1S/C21H16ClN5O/c22-19-12-17(7-8-20(19)26-11-10-23-15-26)25-21(28)9-6-16-13-24-27(14-16)18-4-2-1-3-5-18/h1-15H,(H,25,28)/b9-6-. The molecule has 4 rings (SSSR count). The van der Waals surface area contributed by atoms with Crippen molar-refractivity contribution < 1.29 is 4.79 Å². The van der Waals surface area contributed by atoms with E-state index in [-0.39, 0.29) is 5.91 Å². The number of carbonyl (C=O) groups is 1. The van der Waals surface area contributed by atoms with Gasteiger partial charge in [-0.1, -0.05) is 29.8 Å². The molecule has 1 amide bonds. The molecular formula is C21H16ClN5O. The Labute approximate surface area is 166 Å². The predicted molar refractivity (Wildman–Crippen MR) is 110 cm³/mol. The van der Waals surface area contributed by atoms with Gasteiger partial charge in [-0.2, -0.15) is 5.10 Å². The van der Waals surface area contributed by atoms with Crippen molar-refractivity contribution in [1.82, 2.24) is 19.3 Å². The van der Waals surface area contributed by atoms with Crippen LogP contribution in [0.25, 0.3) is 17.5 Å². The van der Waals surface area contributed by atoms with E-state index in [1.54, 1.807) is 52.4 Å². The van der Waals surface area contributed by atoms with E-state index in [2.05, 4.69) is 15.4 Å². The molecule has 0 bridgehead atoms. The lowest BCUT2D eigenvalue weighted by Crippen LogP contribution is -2.07. The van der Waals surface area contributed by atoms with Gasteiger partial charge in [0.2, 0.25) is 5.91 Å². The summed E-state index contributed by atoms with van der Waals surface area (Å²) in [7, 11) is 0. The fraction of sp³-hybridized carbons (Fsp3) is 0. The molecule has 0 saturated carbocycles. The summed E-state index contributed by atoms with van der Waals surface area (Å²) in [6.45, 7) is 0. The first-order chi connectivity index (χ1) is 13.7. The minimum Gasteiger partial charge on any atom is -0.322 e. The largest absolute Gasteiger partial charge is 0.322 e. The Morgan fingerprint density at radius 2 is 2.00 bits per heavy atom. The highest BCUT2D eigenvalue weighted by Gasteiger charge is 2.05. The summed E-state index contributed by atoms with van der Waals surface area (Å²) < 4.78 is 3.56. The molecule has 2 aromatic heterocycles. The Bertz CT molecular complexity index is 1120. The maximum absolute atomic E-state index is 12.2. The summed E-state index contributed by atoms with van der Waals surface area (Å²) in [4.78, 5) is 16.2. The SMILES string of the molecule is O=C(/C=C\c1cnn(-c2ccccc2)c1)Nc1ccc(-n2ccnc2)c(Cl)c1. The van der Waals surface area contributed by atoms with E-state index in [0.717, 1.165) is 16.9 Å². The van der Waals surface area contributed by atoms with Crippen molar-refractivity contribution in [2.24, 2.45) is 0 Å². The molecule has 0 aliphatic carbocycles. The van der Waals surface area contributed by atoms with Crippen LogP contribution in [0.3, 0.4) is 0 Å². The van der Waals surface area contributed by atoms with Crippen LogP contribution in [0.1, 0.15) is 5.56 Å². The fourth-order valence-corrected chi connectivity index (χ4v) is 2.97. The number of rotatable bonds is 5. The van der Waals surface area contributed by atoms with Crippen LogP contribution in [0.4, 0.5) is 5.69 Å². The topological polar surface area (TPSA) is 64.7 Å². The van der Waals surface area contributed by atoms with Crippen molar-refractivity contribution in [3.8, 4) is 11.4 Å². The van der Waals surface area contributed by atoms with E-state index in [1.165, 1.54) is 6.08 Å². The molecule has 2 heterocycles. The summed E-state index contributed by atoms with van der Waals surface area (Å²) in [6, 6.07) is 15.1. The maximum Gasteiger partial charge on any atom is 0.248 e. The fourth-order valence-electron chi connectivity index (χ4n) is 2.70. The number of hydrogen-bond acceptors (Lipinski definition) is 3. The molecule has 4 aromatic rings. The summed E-state index contributed by atoms with van der Waals surface area (Å²) >= 11 is 6.31. The lowest BCUT2D eigenvalue weighted by molar-refractivity contribution is -0.111. The molecule has 7 heteroatoms. The monoisotopic (exact) mass is 389 g/mol. The van der Waals surface area contributed by atoms with Crippen LogP contribution < -0.4 is 5.32 Å². The van der Waals surface area contributed by atoms with Crippen LogP contribution in [0, 0.1) is 0 Å². The second-order valence-corrected chi connectivity index (χ2v) is 6.42. The quantitative estimate of drug-likeness (QED) is 0.516. The summed E-state index contributed by atoms with van der Waals surface area (Å²) in [5.74, 6) is -0.251. The van der Waals surface area contributed by atoms with Crippen molar-refractivity contribution in [2.75, 3.05) is 5.32 Å². The minimum atomic E-state index is -0.251. The number of nitrogens with zero attached hydrogens (tertiary/aromatic N) is 4. The lowest BCUT2D eigenvalue weighted by atomic mass is 10.2. The molecule has 6 nitrogen and oxygen atoms in total. The van der Waals surface area contributed by atoms with Gasteiger partial charge in [0.15, 0.2) is 0 Å². The Hall–Kier alpha value is -3.64. The number of para-hydroxylation sites is 1. The van der Waals surface area contributed by atoms with Crippen LogP contribution in [0.15, 0.2) is 85.7 Å². The highest BCUT2D eigenvalue weighted by atomic mass is 35.5. The highest BCUT2D eigenvalue weighted by Crippen LogP contribution is 2.24. The maximum atomic E-state index is 12.2.